The van der Waals surface area contributed by atoms with E-state index in [1.807, 2.05) is 0 Å². The Bertz CT molecular complexity index is 59.6. The molecule has 0 bridgehead atoms. The zero-order valence-electron chi connectivity index (χ0n) is 6.65. The molecule has 0 unspecified atom stereocenters. The van der Waals surface area contributed by atoms with Gasteiger partial charge in [0.2, 0.25) is 0 Å². The molecule has 0 aromatic heterocycles. The summed E-state index contributed by atoms with van der Waals surface area (Å²) in [6, 6.07) is 0. The molecule has 0 amide bonds. The normalized spacial score (nSPS) is 17.3. The van der Waals surface area contributed by atoms with E-state index in [4.69, 9.17) is 0 Å². The molecule has 1 heteroatoms. The molecule has 0 radical (unpaired) electrons. The predicted octanol–water partition coefficient (Wildman–Crippen LogP) is 3.17. The second kappa shape index (κ2) is 4.78. The maximum Gasteiger partial charge on any atom is 0.0973 e. The van der Waals surface area contributed by atoms with E-state index in [9.17, 15) is 4.39 Å². The zero-order chi connectivity index (χ0) is 7.28. The van der Waals surface area contributed by atoms with Gasteiger partial charge in [-0.05, 0) is 25.7 Å². The molecule has 0 aliphatic carbocycles. The van der Waals surface area contributed by atoms with Crippen LogP contribution in [0.25, 0.3) is 0 Å². The van der Waals surface area contributed by atoms with Gasteiger partial charge in [0.05, 0.1) is 6.17 Å². The van der Waals surface area contributed by atoms with Crippen LogP contribution in [-0.4, -0.2) is 6.17 Å². The maximum atomic E-state index is 12.2. The lowest BCUT2D eigenvalue weighted by Crippen LogP contribution is -1.98. The number of hydrogen-bond donors (Lipinski definition) is 0. The van der Waals surface area contributed by atoms with E-state index < -0.39 is 6.17 Å². The van der Waals surface area contributed by atoms with Crippen LogP contribution in [0.5, 0.6) is 0 Å². The highest BCUT2D eigenvalue weighted by atomic mass is 19.1. The van der Waals surface area contributed by atoms with E-state index >= 15 is 0 Å². The van der Waals surface area contributed by atoms with Crippen LogP contribution in [0.3, 0.4) is 0 Å². The smallest absolute Gasteiger partial charge is 0.0973 e. The Morgan fingerprint density at radius 2 is 1.78 bits per heavy atom. The summed E-state index contributed by atoms with van der Waals surface area (Å²) < 4.78 is 12.2. The third kappa shape index (κ3) is 5.81. The van der Waals surface area contributed by atoms with Crippen molar-refractivity contribution < 1.29 is 4.39 Å². The summed E-state index contributed by atoms with van der Waals surface area (Å²) in [5.41, 5.74) is 0. The van der Waals surface area contributed by atoms with E-state index in [-0.39, 0.29) is 0 Å². The first-order valence-corrected chi connectivity index (χ1v) is 3.80. The third-order valence-corrected chi connectivity index (χ3v) is 1.75. The SMILES string of the molecule is CC[C@H](C)CC[C@@H](C)F. The summed E-state index contributed by atoms with van der Waals surface area (Å²) in [5, 5.41) is 0. The summed E-state index contributed by atoms with van der Waals surface area (Å²) in [7, 11) is 0. The number of alkyl halides is 1. The van der Waals surface area contributed by atoms with E-state index in [2.05, 4.69) is 13.8 Å². The van der Waals surface area contributed by atoms with Crippen molar-refractivity contribution in [3.63, 3.8) is 0 Å². The minimum atomic E-state index is -0.612. The highest BCUT2D eigenvalue weighted by Gasteiger charge is 2.01. The lowest BCUT2D eigenvalue weighted by molar-refractivity contribution is 0.312. The largest absolute Gasteiger partial charge is 0.248 e. The van der Waals surface area contributed by atoms with Crippen molar-refractivity contribution in [3.05, 3.63) is 0 Å². The van der Waals surface area contributed by atoms with E-state index in [1.54, 1.807) is 6.92 Å². The molecule has 0 saturated heterocycles. The van der Waals surface area contributed by atoms with Crippen LogP contribution in [0.2, 0.25) is 0 Å². The molecular formula is C8H17F. The third-order valence-electron chi connectivity index (χ3n) is 1.75. The fourth-order valence-corrected chi connectivity index (χ4v) is 0.718. The van der Waals surface area contributed by atoms with Crippen LogP contribution in [0.4, 0.5) is 4.39 Å². The van der Waals surface area contributed by atoms with Crippen LogP contribution in [0, 0.1) is 5.92 Å². The van der Waals surface area contributed by atoms with Crippen molar-refractivity contribution in [1.82, 2.24) is 0 Å². The molecule has 0 spiro atoms. The van der Waals surface area contributed by atoms with Gasteiger partial charge in [0, 0.05) is 0 Å². The molecule has 0 N–H and O–H groups in total. The second-order valence-electron chi connectivity index (χ2n) is 2.87. The highest BCUT2D eigenvalue weighted by Crippen LogP contribution is 2.12. The lowest BCUT2D eigenvalue weighted by Gasteiger charge is -2.07. The van der Waals surface area contributed by atoms with Gasteiger partial charge in [-0.25, -0.2) is 4.39 Å². The topological polar surface area (TPSA) is 0 Å². The van der Waals surface area contributed by atoms with Crippen LogP contribution >= 0.6 is 0 Å². The Hall–Kier alpha value is -0.0700. The molecule has 56 valence electrons. The van der Waals surface area contributed by atoms with Gasteiger partial charge in [0.15, 0.2) is 0 Å². The first-order valence-electron chi connectivity index (χ1n) is 3.80. The molecule has 0 aromatic rings. The van der Waals surface area contributed by atoms with Gasteiger partial charge in [-0.1, -0.05) is 20.3 Å². The van der Waals surface area contributed by atoms with Crippen LogP contribution in [0.1, 0.15) is 40.0 Å². The van der Waals surface area contributed by atoms with Crippen molar-refractivity contribution in [1.29, 1.82) is 0 Å². The molecule has 0 heterocycles. The molecule has 0 saturated carbocycles. The van der Waals surface area contributed by atoms with Gasteiger partial charge in [-0.2, -0.15) is 0 Å². The Kier molecular flexibility index (Phi) is 4.74. The lowest BCUT2D eigenvalue weighted by atomic mass is 10.0. The zero-order valence-corrected chi connectivity index (χ0v) is 6.65. The van der Waals surface area contributed by atoms with Crippen molar-refractivity contribution in [2.45, 2.75) is 46.2 Å². The first-order chi connectivity index (χ1) is 4.16. The van der Waals surface area contributed by atoms with Crippen LogP contribution in [0.15, 0.2) is 0 Å². The molecule has 0 rings (SSSR count). The van der Waals surface area contributed by atoms with Gasteiger partial charge in [0.1, 0.15) is 0 Å². The summed E-state index contributed by atoms with van der Waals surface area (Å²) in [4.78, 5) is 0. The fourth-order valence-electron chi connectivity index (χ4n) is 0.718. The first kappa shape index (κ1) is 8.93. The van der Waals surface area contributed by atoms with E-state index in [1.165, 1.54) is 6.42 Å². The molecule has 0 aromatic carbocycles. The van der Waals surface area contributed by atoms with Gasteiger partial charge in [-0.3, -0.25) is 0 Å². The summed E-state index contributed by atoms with van der Waals surface area (Å²) in [6.45, 7) is 5.94. The molecule has 9 heavy (non-hydrogen) atoms. The maximum absolute atomic E-state index is 12.2. The Morgan fingerprint density at radius 3 is 2.11 bits per heavy atom. The average molecular weight is 132 g/mol. The number of halogens is 1. The molecule has 0 nitrogen and oxygen atoms in total. The van der Waals surface area contributed by atoms with Crippen molar-refractivity contribution in [2.24, 2.45) is 5.92 Å². The van der Waals surface area contributed by atoms with E-state index in [0.29, 0.717) is 5.92 Å². The molecular weight excluding hydrogens is 115 g/mol. The Morgan fingerprint density at radius 1 is 1.22 bits per heavy atom. The van der Waals surface area contributed by atoms with Crippen LogP contribution < -0.4 is 0 Å². The van der Waals surface area contributed by atoms with Gasteiger partial charge in [0.25, 0.3) is 0 Å². The van der Waals surface area contributed by atoms with Crippen molar-refractivity contribution in [3.8, 4) is 0 Å². The molecule has 2 atom stereocenters. The molecule has 0 aliphatic heterocycles. The van der Waals surface area contributed by atoms with Crippen LogP contribution in [-0.2, 0) is 0 Å². The minimum Gasteiger partial charge on any atom is -0.248 e. The number of hydrogen-bond acceptors (Lipinski definition) is 0. The second-order valence-corrected chi connectivity index (χ2v) is 2.87. The summed E-state index contributed by atoms with van der Waals surface area (Å²) >= 11 is 0. The number of rotatable bonds is 4. The standard InChI is InChI=1S/C8H17F/c1-4-7(2)5-6-8(3)9/h7-8H,4-6H2,1-3H3/t7-,8+/m0/s1. The summed E-state index contributed by atoms with van der Waals surface area (Å²) in [6.07, 6.45) is 2.33. The highest BCUT2D eigenvalue weighted by molar-refractivity contribution is 4.53. The Labute approximate surface area is 57.5 Å². The molecule has 0 aliphatic rings. The fraction of sp³-hybridized carbons (Fsp3) is 1.00. The van der Waals surface area contributed by atoms with Gasteiger partial charge < -0.3 is 0 Å². The minimum absolute atomic E-state index is 0.612. The van der Waals surface area contributed by atoms with E-state index in [0.717, 1.165) is 12.8 Å². The van der Waals surface area contributed by atoms with Gasteiger partial charge in [-0.15, -0.1) is 0 Å². The van der Waals surface area contributed by atoms with Crippen molar-refractivity contribution >= 4 is 0 Å². The van der Waals surface area contributed by atoms with Gasteiger partial charge >= 0.3 is 0 Å². The Balaban J connectivity index is 3.06. The predicted molar refractivity (Wildman–Crippen MR) is 39.3 cm³/mol. The monoisotopic (exact) mass is 132 g/mol. The molecule has 0 fully saturated rings. The van der Waals surface area contributed by atoms with Crippen molar-refractivity contribution in [2.75, 3.05) is 0 Å². The quantitative estimate of drug-likeness (QED) is 0.551. The summed E-state index contributed by atoms with van der Waals surface area (Å²) in [5.74, 6) is 0.697. The average Bonchev–Trinajstić information content (AvgIpc) is 1.83.